The summed E-state index contributed by atoms with van der Waals surface area (Å²) in [5, 5.41) is 1.17. The molecular formula is C17H21FN2O2. The Hall–Kier alpha value is -2.35. The van der Waals surface area contributed by atoms with Crippen molar-refractivity contribution in [2.45, 2.75) is 46.1 Å². The number of halogens is 1. The van der Waals surface area contributed by atoms with Crippen LogP contribution in [0.15, 0.2) is 24.3 Å². The van der Waals surface area contributed by atoms with Gasteiger partial charge in [-0.3, -0.25) is 15.0 Å². The molecule has 5 heteroatoms. The van der Waals surface area contributed by atoms with Crippen LogP contribution in [0.2, 0.25) is 0 Å². The lowest BCUT2D eigenvalue weighted by Crippen LogP contribution is -2.55. The van der Waals surface area contributed by atoms with Gasteiger partial charge in [0.05, 0.1) is 5.54 Å². The minimum Gasteiger partial charge on any atom is -0.267 e. The van der Waals surface area contributed by atoms with Crippen molar-refractivity contribution >= 4 is 11.8 Å². The van der Waals surface area contributed by atoms with E-state index in [4.69, 9.17) is 0 Å². The van der Waals surface area contributed by atoms with Gasteiger partial charge in [0.2, 0.25) is 0 Å². The van der Waals surface area contributed by atoms with Gasteiger partial charge in [0.25, 0.3) is 5.91 Å². The smallest absolute Gasteiger partial charge is 0.267 e. The molecule has 2 amide bonds. The molecular weight excluding hydrogens is 283 g/mol. The standard InChI is InChI=1S/C17H21FN2O2/c1-5-6-7-11-15(21)19-20(17(2,3)4)16(22)13-9-8-10-14(18)12-13/h8-10,12H,5-6H2,1-4H3,(H,19,21). The summed E-state index contributed by atoms with van der Waals surface area (Å²) in [6.45, 7) is 7.26. The number of nitrogens with one attached hydrogen (secondary N) is 1. The van der Waals surface area contributed by atoms with Crippen LogP contribution in [0.3, 0.4) is 0 Å². The maximum absolute atomic E-state index is 13.3. The van der Waals surface area contributed by atoms with Crippen LogP contribution in [0.1, 0.15) is 50.9 Å². The lowest BCUT2D eigenvalue weighted by Gasteiger charge is -2.34. The van der Waals surface area contributed by atoms with Crippen LogP contribution in [-0.4, -0.2) is 22.4 Å². The van der Waals surface area contributed by atoms with Gasteiger partial charge in [-0.25, -0.2) is 9.40 Å². The van der Waals surface area contributed by atoms with Crippen molar-refractivity contribution in [3.63, 3.8) is 0 Å². The first kappa shape index (κ1) is 17.7. The van der Waals surface area contributed by atoms with E-state index in [1.807, 2.05) is 6.92 Å². The highest BCUT2D eigenvalue weighted by atomic mass is 19.1. The highest BCUT2D eigenvalue weighted by Gasteiger charge is 2.29. The Morgan fingerprint density at radius 2 is 2.00 bits per heavy atom. The molecule has 22 heavy (non-hydrogen) atoms. The summed E-state index contributed by atoms with van der Waals surface area (Å²) in [4.78, 5) is 24.3. The molecule has 0 saturated heterocycles. The fourth-order valence-corrected chi connectivity index (χ4v) is 1.67. The highest BCUT2D eigenvalue weighted by Crippen LogP contribution is 2.15. The molecule has 1 N–H and O–H groups in total. The molecule has 0 aliphatic carbocycles. The first-order valence-electron chi connectivity index (χ1n) is 7.15. The molecule has 0 aromatic heterocycles. The molecule has 0 aliphatic rings. The zero-order valence-electron chi connectivity index (χ0n) is 13.4. The maximum Gasteiger partial charge on any atom is 0.314 e. The number of nitrogens with zero attached hydrogens (tertiary/aromatic N) is 1. The summed E-state index contributed by atoms with van der Waals surface area (Å²) >= 11 is 0. The normalized spacial score (nSPS) is 10.4. The van der Waals surface area contributed by atoms with Gasteiger partial charge in [0.15, 0.2) is 0 Å². The monoisotopic (exact) mass is 304 g/mol. The van der Waals surface area contributed by atoms with Crippen molar-refractivity contribution in [3.8, 4) is 11.8 Å². The second kappa shape index (κ2) is 7.60. The average Bonchev–Trinajstić information content (AvgIpc) is 2.43. The number of carbonyl (C=O) groups is 2. The van der Waals surface area contributed by atoms with Crippen LogP contribution >= 0.6 is 0 Å². The lowest BCUT2D eigenvalue weighted by molar-refractivity contribution is -0.121. The molecule has 0 bridgehead atoms. The van der Waals surface area contributed by atoms with E-state index in [-0.39, 0.29) is 5.56 Å². The van der Waals surface area contributed by atoms with E-state index >= 15 is 0 Å². The Bertz CT molecular complexity index is 609. The molecule has 0 unspecified atom stereocenters. The first-order chi connectivity index (χ1) is 10.3. The second-order valence-electron chi connectivity index (χ2n) is 5.81. The van der Waals surface area contributed by atoms with Gasteiger partial charge in [0.1, 0.15) is 5.82 Å². The van der Waals surface area contributed by atoms with E-state index < -0.39 is 23.2 Å². The van der Waals surface area contributed by atoms with Gasteiger partial charge >= 0.3 is 5.91 Å². The van der Waals surface area contributed by atoms with Gasteiger partial charge in [-0.1, -0.05) is 18.9 Å². The molecule has 118 valence electrons. The summed E-state index contributed by atoms with van der Waals surface area (Å²) in [5.74, 6) is 3.60. The van der Waals surface area contributed by atoms with Crippen molar-refractivity contribution in [2.75, 3.05) is 0 Å². The molecule has 4 nitrogen and oxygen atoms in total. The van der Waals surface area contributed by atoms with Gasteiger partial charge in [-0.2, -0.15) is 0 Å². The predicted molar refractivity (Wildman–Crippen MR) is 83.1 cm³/mol. The number of hydrogen-bond donors (Lipinski definition) is 1. The van der Waals surface area contributed by atoms with E-state index in [1.54, 1.807) is 20.8 Å². The first-order valence-corrected chi connectivity index (χ1v) is 7.15. The van der Waals surface area contributed by atoms with E-state index in [0.29, 0.717) is 6.42 Å². The fourth-order valence-electron chi connectivity index (χ4n) is 1.67. The Balaban J connectivity index is 2.98. The van der Waals surface area contributed by atoms with Gasteiger partial charge < -0.3 is 0 Å². The van der Waals surface area contributed by atoms with Crippen LogP contribution in [-0.2, 0) is 4.79 Å². The van der Waals surface area contributed by atoms with E-state index in [9.17, 15) is 14.0 Å². The molecule has 0 radical (unpaired) electrons. The summed E-state index contributed by atoms with van der Waals surface area (Å²) in [7, 11) is 0. The fraction of sp³-hybridized carbons (Fsp3) is 0.412. The molecule has 1 rings (SSSR count). The van der Waals surface area contributed by atoms with Gasteiger partial charge in [0, 0.05) is 12.0 Å². The van der Waals surface area contributed by atoms with Crippen molar-refractivity contribution < 1.29 is 14.0 Å². The molecule has 0 saturated carbocycles. The minimum atomic E-state index is -0.675. The molecule has 0 aliphatic heterocycles. The number of amides is 2. The van der Waals surface area contributed by atoms with Crippen LogP contribution < -0.4 is 5.43 Å². The van der Waals surface area contributed by atoms with E-state index in [1.165, 1.54) is 23.2 Å². The molecule has 0 heterocycles. The van der Waals surface area contributed by atoms with Crippen molar-refractivity contribution in [1.29, 1.82) is 0 Å². The Kier molecular flexibility index (Phi) is 6.11. The Labute approximate surface area is 130 Å². The third-order valence-electron chi connectivity index (χ3n) is 2.74. The Morgan fingerprint density at radius 3 is 2.55 bits per heavy atom. The van der Waals surface area contributed by atoms with Crippen LogP contribution in [0.4, 0.5) is 4.39 Å². The quantitative estimate of drug-likeness (QED) is 0.674. The zero-order chi connectivity index (χ0) is 16.8. The minimum absolute atomic E-state index is 0.164. The number of rotatable bonds is 2. The average molecular weight is 304 g/mol. The summed E-state index contributed by atoms with van der Waals surface area (Å²) in [6.07, 6.45) is 1.46. The van der Waals surface area contributed by atoms with Crippen molar-refractivity contribution in [1.82, 2.24) is 10.4 Å². The van der Waals surface area contributed by atoms with Crippen LogP contribution in [0.25, 0.3) is 0 Å². The van der Waals surface area contributed by atoms with Crippen LogP contribution in [0, 0.1) is 17.7 Å². The molecule has 1 aromatic carbocycles. The highest BCUT2D eigenvalue weighted by molar-refractivity contribution is 5.99. The van der Waals surface area contributed by atoms with E-state index in [2.05, 4.69) is 17.3 Å². The van der Waals surface area contributed by atoms with Gasteiger partial charge in [-0.15, -0.1) is 0 Å². The summed E-state index contributed by atoms with van der Waals surface area (Å²) in [5.41, 5.74) is 1.97. The number of carbonyl (C=O) groups excluding carboxylic acids is 2. The summed E-state index contributed by atoms with van der Waals surface area (Å²) < 4.78 is 13.3. The number of hydrazine groups is 1. The third-order valence-corrected chi connectivity index (χ3v) is 2.74. The second-order valence-corrected chi connectivity index (χ2v) is 5.81. The van der Waals surface area contributed by atoms with Crippen molar-refractivity contribution in [3.05, 3.63) is 35.6 Å². The zero-order valence-corrected chi connectivity index (χ0v) is 13.4. The molecule has 1 aromatic rings. The molecule has 0 atom stereocenters. The van der Waals surface area contributed by atoms with Crippen LogP contribution in [0.5, 0.6) is 0 Å². The Morgan fingerprint density at radius 1 is 1.32 bits per heavy atom. The largest absolute Gasteiger partial charge is 0.314 e. The SMILES string of the molecule is CCCC#CC(=O)NN(C(=O)c1cccc(F)c1)C(C)(C)C. The topological polar surface area (TPSA) is 49.4 Å². The third kappa shape index (κ3) is 5.21. The summed E-state index contributed by atoms with van der Waals surface area (Å²) in [6, 6.07) is 5.34. The predicted octanol–water partition coefficient (Wildman–Crippen LogP) is 2.90. The lowest BCUT2D eigenvalue weighted by atomic mass is 10.1. The number of benzene rings is 1. The molecule has 0 spiro atoms. The van der Waals surface area contributed by atoms with E-state index in [0.717, 1.165) is 12.5 Å². The number of hydrogen-bond acceptors (Lipinski definition) is 2. The number of unbranched alkanes of at least 4 members (excludes halogenated alkanes) is 1. The maximum atomic E-state index is 13.3. The molecule has 0 fully saturated rings. The van der Waals surface area contributed by atoms with Gasteiger partial charge in [-0.05, 0) is 51.3 Å². The van der Waals surface area contributed by atoms with Crippen molar-refractivity contribution in [2.24, 2.45) is 0 Å².